The summed E-state index contributed by atoms with van der Waals surface area (Å²) in [5.41, 5.74) is 4.31. The largest absolute Gasteiger partial charge is 0.0772 e. The van der Waals surface area contributed by atoms with Crippen LogP contribution in [-0.4, -0.2) is 14.8 Å². The van der Waals surface area contributed by atoms with Crippen molar-refractivity contribution in [3.63, 3.8) is 0 Å². The summed E-state index contributed by atoms with van der Waals surface area (Å²) in [7, 11) is 0.909. The first-order valence-corrected chi connectivity index (χ1v) is 3.07. The average Bonchev–Trinajstić information content (AvgIpc) is 1.72. The molecule has 0 atom stereocenters. The summed E-state index contributed by atoms with van der Waals surface area (Å²) in [5.74, 6) is 0. The SMILES string of the molecule is C1=CC=[Si]C=C1.[Mn]. The van der Waals surface area contributed by atoms with Crippen LogP contribution in [0.1, 0.15) is 0 Å². The molecule has 0 spiro atoms. The van der Waals surface area contributed by atoms with Gasteiger partial charge in [0.2, 0.25) is 0 Å². The van der Waals surface area contributed by atoms with Crippen molar-refractivity contribution in [3.8, 4) is 0 Å². The van der Waals surface area contributed by atoms with E-state index >= 15 is 0 Å². The second-order valence-electron chi connectivity index (χ2n) is 1.08. The average molecular weight is 148 g/mol. The molecule has 0 aliphatic carbocycles. The normalized spacial score (nSPS) is 13.7. The molecule has 0 bridgehead atoms. The van der Waals surface area contributed by atoms with Crippen LogP contribution < -0.4 is 0 Å². The minimum absolute atomic E-state index is 0. The smallest absolute Gasteiger partial charge is 0.0505 e. The number of rotatable bonds is 0. The molecule has 36 valence electrons. The van der Waals surface area contributed by atoms with Crippen LogP contribution >= 0.6 is 0 Å². The van der Waals surface area contributed by atoms with Gasteiger partial charge in [0.25, 0.3) is 0 Å². The molecule has 1 rings (SSSR count). The standard InChI is InChI=1S/C5H5Si.Mn/c1-2-4-6-5-3-1;/h1-5H;. The molecule has 0 nitrogen and oxygen atoms in total. The van der Waals surface area contributed by atoms with E-state index in [0.717, 1.165) is 9.13 Å². The van der Waals surface area contributed by atoms with Gasteiger partial charge in [-0.1, -0.05) is 29.6 Å². The van der Waals surface area contributed by atoms with Crippen LogP contribution in [0.15, 0.2) is 23.9 Å². The molecule has 2 heteroatoms. The second kappa shape index (κ2) is 4.25. The van der Waals surface area contributed by atoms with Crippen LogP contribution in [0.25, 0.3) is 0 Å². The van der Waals surface area contributed by atoms with Crippen LogP contribution in [0, 0.1) is 0 Å². The van der Waals surface area contributed by atoms with Gasteiger partial charge in [-0.25, -0.2) is 0 Å². The van der Waals surface area contributed by atoms with Gasteiger partial charge < -0.3 is 0 Å². The zero-order valence-corrected chi connectivity index (χ0v) is 5.95. The van der Waals surface area contributed by atoms with Crippen LogP contribution in [-0.2, 0) is 17.1 Å². The summed E-state index contributed by atoms with van der Waals surface area (Å²) in [5, 5.41) is 0. The quantitative estimate of drug-likeness (QED) is 0.441. The first-order valence-electron chi connectivity index (χ1n) is 1.91. The van der Waals surface area contributed by atoms with Crippen LogP contribution in [0.3, 0.4) is 0 Å². The van der Waals surface area contributed by atoms with E-state index in [9.17, 15) is 0 Å². The summed E-state index contributed by atoms with van der Waals surface area (Å²) in [4.78, 5) is 0. The molecule has 0 aromatic rings. The molecule has 0 N–H and O–H groups in total. The Balaban J connectivity index is 0.000000360. The van der Waals surface area contributed by atoms with E-state index in [0.29, 0.717) is 0 Å². The molecule has 0 saturated heterocycles. The van der Waals surface area contributed by atoms with Crippen molar-refractivity contribution < 1.29 is 17.1 Å². The van der Waals surface area contributed by atoms with Crippen molar-refractivity contribution in [3.05, 3.63) is 23.9 Å². The monoisotopic (exact) mass is 148 g/mol. The molecular formula is C5H5MnSi. The van der Waals surface area contributed by atoms with E-state index in [1.54, 1.807) is 0 Å². The summed E-state index contributed by atoms with van der Waals surface area (Å²) in [6.07, 6.45) is 6.17. The van der Waals surface area contributed by atoms with Crippen molar-refractivity contribution in [2.24, 2.45) is 0 Å². The molecule has 2 radical (unpaired) electrons. The topological polar surface area (TPSA) is 0 Å². The first-order chi connectivity index (χ1) is 3.00. The molecular weight excluding hydrogens is 143 g/mol. The maximum atomic E-state index is 2.15. The molecule has 0 fully saturated rings. The van der Waals surface area contributed by atoms with E-state index in [2.05, 4.69) is 23.5 Å². The summed E-state index contributed by atoms with van der Waals surface area (Å²) < 4.78 is 0. The Morgan fingerprint density at radius 1 is 1.00 bits per heavy atom. The van der Waals surface area contributed by atoms with Crippen molar-refractivity contribution in [2.75, 3.05) is 0 Å². The van der Waals surface area contributed by atoms with Crippen molar-refractivity contribution in [1.29, 1.82) is 0 Å². The Bertz CT molecular complexity index is 77.5. The second-order valence-corrected chi connectivity index (χ2v) is 2.08. The van der Waals surface area contributed by atoms with Gasteiger partial charge in [-0.05, 0) is 0 Å². The zero-order chi connectivity index (χ0) is 4.24. The molecule has 0 aromatic carbocycles. The third-order valence-electron chi connectivity index (χ3n) is 0.607. The molecule has 0 unspecified atom stereocenters. The van der Waals surface area contributed by atoms with Gasteiger partial charge in [0, 0.05) is 17.1 Å². The van der Waals surface area contributed by atoms with Crippen LogP contribution in [0.5, 0.6) is 0 Å². The number of allylic oxidation sites excluding steroid dienone is 3. The first kappa shape index (κ1) is 7.09. The van der Waals surface area contributed by atoms with Crippen molar-refractivity contribution in [2.45, 2.75) is 0 Å². The Kier molecular flexibility index (Phi) is 4.30. The van der Waals surface area contributed by atoms with Crippen LogP contribution in [0.2, 0.25) is 0 Å². The molecule has 0 saturated carbocycles. The maximum absolute atomic E-state index is 2.15. The van der Waals surface area contributed by atoms with E-state index < -0.39 is 0 Å². The van der Waals surface area contributed by atoms with Gasteiger partial charge in [0.1, 0.15) is 0 Å². The van der Waals surface area contributed by atoms with Gasteiger partial charge in [0.05, 0.1) is 9.13 Å². The summed E-state index contributed by atoms with van der Waals surface area (Å²) >= 11 is 0. The Morgan fingerprint density at radius 2 is 1.86 bits per heavy atom. The number of hydrogen-bond donors (Lipinski definition) is 0. The van der Waals surface area contributed by atoms with Crippen molar-refractivity contribution in [1.82, 2.24) is 0 Å². The molecule has 7 heavy (non-hydrogen) atoms. The van der Waals surface area contributed by atoms with Gasteiger partial charge in [0.15, 0.2) is 0 Å². The predicted molar refractivity (Wildman–Crippen MR) is 30.1 cm³/mol. The van der Waals surface area contributed by atoms with E-state index in [4.69, 9.17) is 0 Å². The predicted octanol–water partition coefficient (Wildman–Crippen LogP) is 0.574. The van der Waals surface area contributed by atoms with Crippen molar-refractivity contribution >= 4 is 14.8 Å². The third-order valence-corrected chi connectivity index (χ3v) is 1.38. The fourth-order valence-corrected chi connectivity index (χ4v) is 0.897. The molecule has 1 aliphatic rings. The van der Waals surface area contributed by atoms with Gasteiger partial charge in [-0.3, -0.25) is 0 Å². The van der Waals surface area contributed by atoms with Gasteiger partial charge in [-0.15, -0.1) is 0 Å². The minimum atomic E-state index is 0. The molecule has 1 aliphatic heterocycles. The number of hydrogen-bond acceptors (Lipinski definition) is 0. The van der Waals surface area contributed by atoms with E-state index in [1.165, 1.54) is 0 Å². The van der Waals surface area contributed by atoms with Gasteiger partial charge in [-0.2, -0.15) is 0 Å². The molecule has 0 amide bonds. The molecule has 1 heterocycles. The maximum Gasteiger partial charge on any atom is 0.0505 e. The van der Waals surface area contributed by atoms with E-state index in [1.807, 2.05) is 6.08 Å². The Hall–Kier alpha value is 0.0864. The zero-order valence-electron chi connectivity index (χ0n) is 3.76. The van der Waals surface area contributed by atoms with Gasteiger partial charge >= 0.3 is 0 Å². The Labute approximate surface area is 56.2 Å². The fourth-order valence-electron chi connectivity index (χ4n) is 0.342. The molecule has 0 aromatic heterocycles. The van der Waals surface area contributed by atoms with E-state index in [-0.39, 0.29) is 17.1 Å². The Morgan fingerprint density at radius 3 is 2.00 bits per heavy atom. The van der Waals surface area contributed by atoms with Crippen LogP contribution in [0.4, 0.5) is 0 Å². The summed E-state index contributed by atoms with van der Waals surface area (Å²) in [6.45, 7) is 0. The third kappa shape index (κ3) is 2.74. The minimum Gasteiger partial charge on any atom is -0.0772 e. The fraction of sp³-hybridized carbons (Fsp3) is 0. The summed E-state index contributed by atoms with van der Waals surface area (Å²) in [6, 6.07) is 0.